The number of hydrogen-bond donors (Lipinski definition) is 2. The van der Waals surface area contributed by atoms with Crippen molar-refractivity contribution in [3.63, 3.8) is 0 Å². The Morgan fingerprint density at radius 2 is 2.26 bits per heavy atom. The van der Waals surface area contributed by atoms with Gasteiger partial charge in [0, 0.05) is 13.2 Å². The lowest BCUT2D eigenvalue weighted by atomic mass is 10.1. The van der Waals surface area contributed by atoms with Crippen LogP contribution >= 0.6 is 0 Å². The molecule has 1 aromatic carbocycles. The van der Waals surface area contributed by atoms with E-state index in [0.29, 0.717) is 12.5 Å². The minimum atomic E-state index is -0.673. The van der Waals surface area contributed by atoms with Gasteiger partial charge in [-0.25, -0.2) is 9.18 Å². The molecule has 0 saturated heterocycles. The van der Waals surface area contributed by atoms with Gasteiger partial charge in [0.05, 0.1) is 12.7 Å². The number of aliphatic hydroxyl groups excluding tert-OH is 1. The van der Waals surface area contributed by atoms with Crippen molar-refractivity contribution in [1.29, 1.82) is 0 Å². The number of esters is 1. The zero-order valence-electron chi connectivity index (χ0n) is 11.3. The van der Waals surface area contributed by atoms with E-state index in [-0.39, 0.29) is 12.2 Å². The second-order valence-electron chi connectivity index (χ2n) is 4.55. The van der Waals surface area contributed by atoms with Crippen LogP contribution < -0.4 is 5.32 Å². The predicted octanol–water partition coefficient (Wildman–Crippen LogP) is 1.72. The summed E-state index contributed by atoms with van der Waals surface area (Å²) in [4.78, 5) is 11.2. The molecule has 0 heterocycles. The van der Waals surface area contributed by atoms with Gasteiger partial charge in [0.15, 0.2) is 0 Å². The zero-order valence-corrected chi connectivity index (χ0v) is 11.3. The van der Waals surface area contributed by atoms with Crippen molar-refractivity contribution in [1.82, 2.24) is 5.32 Å². The molecule has 0 aliphatic heterocycles. The standard InChI is InChI=1S/C14H20FNO3/c1-10(5-6-17)8-16-9-11-3-4-12(13(15)7-11)14(18)19-2/h3-4,7,10,16-17H,5-6,8-9H2,1-2H3. The summed E-state index contributed by atoms with van der Waals surface area (Å²) in [5.41, 5.74) is 0.709. The lowest BCUT2D eigenvalue weighted by molar-refractivity contribution is 0.0595. The molecule has 0 aliphatic carbocycles. The van der Waals surface area contributed by atoms with E-state index in [1.165, 1.54) is 19.2 Å². The van der Waals surface area contributed by atoms with Crippen LogP contribution in [0.25, 0.3) is 0 Å². The van der Waals surface area contributed by atoms with Crippen molar-refractivity contribution in [2.75, 3.05) is 20.3 Å². The molecule has 106 valence electrons. The van der Waals surface area contributed by atoms with Crippen LogP contribution in [0.3, 0.4) is 0 Å². The molecular weight excluding hydrogens is 249 g/mol. The summed E-state index contributed by atoms with van der Waals surface area (Å²) < 4.78 is 18.1. The molecule has 0 bridgehead atoms. The largest absolute Gasteiger partial charge is 0.465 e. The van der Waals surface area contributed by atoms with Crippen LogP contribution in [0.15, 0.2) is 18.2 Å². The number of ether oxygens (including phenoxy) is 1. The predicted molar refractivity (Wildman–Crippen MR) is 70.3 cm³/mol. The fourth-order valence-electron chi connectivity index (χ4n) is 1.73. The molecule has 5 heteroatoms. The highest BCUT2D eigenvalue weighted by Crippen LogP contribution is 2.11. The van der Waals surface area contributed by atoms with Crippen molar-refractivity contribution in [3.05, 3.63) is 35.1 Å². The topological polar surface area (TPSA) is 58.6 Å². The third-order valence-electron chi connectivity index (χ3n) is 2.88. The van der Waals surface area contributed by atoms with Gasteiger partial charge in [-0.05, 0) is 36.6 Å². The molecule has 19 heavy (non-hydrogen) atoms. The molecule has 0 spiro atoms. The summed E-state index contributed by atoms with van der Waals surface area (Å²) in [6.45, 7) is 3.48. The first-order chi connectivity index (χ1) is 9.08. The lowest BCUT2D eigenvalue weighted by Gasteiger charge is -2.11. The van der Waals surface area contributed by atoms with Gasteiger partial charge in [0.2, 0.25) is 0 Å². The maximum Gasteiger partial charge on any atom is 0.340 e. The maximum atomic E-state index is 13.6. The summed E-state index contributed by atoms with van der Waals surface area (Å²) in [5, 5.41) is 12.0. The van der Waals surface area contributed by atoms with Gasteiger partial charge < -0.3 is 15.2 Å². The van der Waals surface area contributed by atoms with Crippen LogP contribution in [0.4, 0.5) is 4.39 Å². The van der Waals surface area contributed by atoms with Gasteiger partial charge in [-0.3, -0.25) is 0 Å². The molecule has 1 aromatic rings. The summed E-state index contributed by atoms with van der Waals surface area (Å²) in [5.74, 6) is -0.882. The van der Waals surface area contributed by atoms with Crippen LogP contribution in [0, 0.1) is 11.7 Å². The Morgan fingerprint density at radius 1 is 1.53 bits per heavy atom. The number of carbonyl (C=O) groups excluding carboxylic acids is 1. The van der Waals surface area contributed by atoms with Crippen LogP contribution in [0.2, 0.25) is 0 Å². The van der Waals surface area contributed by atoms with Crippen molar-refractivity contribution >= 4 is 5.97 Å². The highest BCUT2D eigenvalue weighted by Gasteiger charge is 2.12. The molecule has 0 saturated carbocycles. The van der Waals surface area contributed by atoms with Gasteiger partial charge in [0.1, 0.15) is 5.82 Å². The third-order valence-corrected chi connectivity index (χ3v) is 2.88. The average Bonchev–Trinajstić information content (AvgIpc) is 2.38. The van der Waals surface area contributed by atoms with Crippen LogP contribution in [0.1, 0.15) is 29.3 Å². The number of aliphatic hydroxyl groups is 1. The lowest BCUT2D eigenvalue weighted by Crippen LogP contribution is -2.21. The first kappa shape index (κ1) is 15.6. The van der Waals surface area contributed by atoms with Gasteiger partial charge >= 0.3 is 5.97 Å². The molecule has 0 aliphatic rings. The second kappa shape index (κ2) is 7.86. The normalized spacial score (nSPS) is 12.2. The van der Waals surface area contributed by atoms with E-state index in [0.717, 1.165) is 18.5 Å². The van der Waals surface area contributed by atoms with E-state index < -0.39 is 11.8 Å². The molecule has 0 aromatic heterocycles. The number of benzene rings is 1. The molecule has 0 fully saturated rings. The number of hydrogen-bond acceptors (Lipinski definition) is 4. The number of methoxy groups -OCH3 is 1. The monoisotopic (exact) mass is 269 g/mol. The summed E-state index contributed by atoms with van der Waals surface area (Å²) in [6, 6.07) is 4.45. The third kappa shape index (κ3) is 4.96. The van der Waals surface area contributed by atoms with Crippen LogP contribution in [-0.4, -0.2) is 31.3 Å². The van der Waals surface area contributed by atoms with Gasteiger partial charge in [-0.1, -0.05) is 13.0 Å². The molecule has 1 rings (SSSR count). The fraction of sp³-hybridized carbons (Fsp3) is 0.500. The van der Waals surface area contributed by atoms with Crippen LogP contribution in [0.5, 0.6) is 0 Å². The highest BCUT2D eigenvalue weighted by molar-refractivity contribution is 5.89. The number of rotatable bonds is 7. The molecule has 0 amide bonds. The van der Waals surface area contributed by atoms with Crippen molar-refractivity contribution in [2.45, 2.75) is 19.9 Å². The maximum absolute atomic E-state index is 13.6. The highest BCUT2D eigenvalue weighted by atomic mass is 19.1. The van der Waals surface area contributed by atoms with Crippen molar-refractivity contribution < 1.29 is 19.0 Å². The summed E-state index contributed by atoms with van der Waals surface area (Å²) in [7, 11) is 1.22. The smallest absolute Gasteiger partial charge is 0.340 e. The van der Waals surface area contributed by atoms with E-state index in [4.69, 9.17) is 5.11 Å². The molecule has 1 atom stereocenters. The Morgan fingerprint density at radius 3 is 2.84 bits per heavy atom. The van der Waals surface area contributed by atoms with Gasteiger partial charge in [-0.2, -0.15) is 0 Å². The zero-order chi connectivity index (χ0) is 14.3. The van der Waals surface area contributed by atoms with Crippen LogP contribution in [-0.2, 0) is 11.3 Å². The van der Waals surface area contributed by atoms with E-state index in [2.05, 4.69) is 10.1 Å². The van der Waals surface area contributed by atoms with Crippen molar-refractivity contribution in [3.8, 4) is 0 Å². The Bertz CT molecular complexity index is 423. The minimum absolute atomic E-state index is 0.0556. The van der Waals surface area contributed by atoms with E-state index >= 15 is 0 Å². The second-order valence-corrected chi connectivity index (χ2v) is 4.55. The van der Waals surface area contributed by atoms with Gasteiger partial charge in [-0.15, -0.1) is 0 Å². The Labute approximate surface area is 112 Å². The Hall–Kier alpha value is -1.46. The number of halogens is 1. The quantitative estimate of drug-likeness (QED) is 0.740. The van der Waals surface area contributed by atoms with E-state index in [1.807, 2.05) is 6.92 Å². The van der Waals surface area contributed by atoms with E-state index in [1.54, 1.807) is 6.07 Å². The fourth-order valence-corrected chi connectivity index (χ4v) is 1.73. The van der Waals surface area contributed by atoms with E-state index in [9.17, 15) is 9.18 Å². The first-order valence-electron chi connectivity index (χ1n) is 6.26. The Kier molecular flexibility index (Phi) is 6.45. The molecular formula is C14H20FNO3. The first-order valence-corrected chi connectivity index (χ1v) is 6.26. The van der Waals surface area contributed by atoms with Crippen molar-refractivity contribution in [2.24, 2.45) is 5.92 Å². The molecule has 1 unspecified atom stereocenters. The SMILES string of the molecule is COC(=O)c1ccc(CNCC(C)CCO)cc1F. The average molecular weight is 269 g/mol. The molecule has 2 N–H and O–H groups in total. The number of carbonyl (C=O) groups is 1. The summed E-state index contributed by atoms with van der Waals surface area (Å²) >= 11 is 0. The summed E-state index contributed by atoms with van der Waals surface area (Å²) in [6.07, 6.45) is 0.739. The Balaban J connectivity index is 2.52. The molecule has 4 nitrogen and oxygen atoms in total. The molecule has 0 radical (unpaired) electrons. The number of nitrogens with one attached hydrogen (secondary N) is 1. The minimum Gasteiger partial charge on any atom is -0.465 e. The van der Waals surface area contributed by atoms with Gasteiger partial charge in [0.25, 0.3) is 0 Å².